The van der Waals surface area contributed by atoms with Gasteiger partial charge in [0, 0.05) is 34.4 Å². The number of non-ortho nitro benzene ring substituents is 1. The van der Waals surface area contributed by atoms with Gasteiger partial charge in [-0.1, -0.05) is 24.3 Å². The second-order valence-electron chi connectivity index (χ2n) is 6.41. The van der Waals surface area contributed by atoms with E-state index in [9.17, 15) is 10.1 Å². The molecule has 1 aliphatic heterocycles. The molecule has 0 aliphatic carbocycles. The lowest BCUT2D eigenvalue weighted by atomic mass is 10.0. The third-order valence-electron chi connectivity index (χ3n) is 4.67. The van der Waals surface area contributed by atoms with Crippen LogP contribution in [0.5, 0.6) is 5.75 Å². The van der Waals surface area contributed by atoms with E-state index in [4.69, 9.17) is 9.73 Å². The van der Waals surface area contributed by atoms with Crippen molar-refractivity contribution >= 4 is 28.8 Å². The van der Waals surface area contributed by atoms with Crippen LogP contribution in [-0.4, -0.2) is 17.7 Å². The van der Waals surface area contributed by atoms with Gasteiger partial charge in [0.25, 0.3) is 5.69 Å². The van der Waals surface area contributed by atoms with Crippen LogP contribution in [-0.2, 0) is 0 Å². The fourth-order valence-corrected chi connectivity index (χ4v) is 4.41. The molecule has 1 heterocycles. The van der Waals surface area contributed by atoms with E-state index in [-0.39, 0.29) is 15.9 Å². The van der Waals surface area contributed by atoms with Gasteiger partial charge in [0.2, 0.25) is 0 Å². The zero-order valence-corrected chi connectivity index (χ0v) is 16.1. The summed E-state index contributed by atoms with van der Waals surface area (Å²) in [5.74, 6) is 0.805. The number of benzene rings is 3. The highest BCUT2D eigenvalue weighted by Crippen LogP contribution is 2.45. The number of nitro groups is 1. The number of methoxy groups -OCH3 is 1. The molecule has 0 saturated heterocycles. The van der Waals surface area contributed by atoms with Crippen molar-refractivity contribution in [3.05, 3.63) is 94.0 Å². The Balaban J connectivity index is 1.73. The van der Waals surface area contributed by atoms with E-state index in [0.29, 0.717) is 0 Å². The van der Waals surface area contributed by atoms with Gasteiger partial charge in [0.15, 0.2) is 0 Å². The van der Waals surface area contributed by atoms with Crippen molar-refractivity contribution in [1.29, 1.82) is 0 Å². The molecule has 0 spiro atoms. The molecule has 6 heteroatoms. The molecule has 0 fully saturated rings. The first-order valence-electron chi connectivity index (χ1n) is 8.86. The Kier molecular flexibility index (Phi) is 5.12. The van der Waals surface area contributed by atoms with Crippen molar-refractivity contribution in [3.63, 3.8) is 0 Å². The first-order chi connectivity index (χ1) is 13.6. The first-order valence-corrected chi connectivity index (χ1v) is 9.74. The molecule has 1 atom stereocenters. The molecule has 3 aromatic rings. The van der Waals surface area contributed by atoms with Crippen LogP contribution < -0.4 is 4.74 Å². The summed E-state index contributed by atoms with van der Waals surface area (Å²) < 4.78 is 5.26. The molecule has 1 unspecified atom stereocenters. The van der Waals surface area contributed by atoms with Gasteiger partial charge in [0.05, 0.1) is 17.7 Å². The summed E-state index contributed by atoms with van der Waals surface area (Å²) in [7, 11) is 1.65. The topological polar surface area (TPSA) is 64.7 Å². The summed E-state index contributed by atoms with van der Waals surface area (Å²) in [6.07, 6.45) is 0.726. The fraction of sp³-hybridized carbons (Fsp3) is 0.136. The Morgan fingerprint density at radius 1 is 1.04 bits per heavy atom. The Bertz CT molecular complexity index is 1030. The molecule has 0 aromatic heterocycles. The maximum atomic E-state index is 11.0. The zero-order valence-electron chi connectivity index (χ0n) is 15.2. The van der Waals surface area contributed by atoms with Crippen LogP contribution in [0.25, 0.3) is 0 Å². The van der Waals surface area contributed by atoms with Crippen LogP contribution in [0.2, 0.25) is 0 Å². The van der Waals surface area contributed by atoms with Gasteiger partial charge in [-0.3, -0.25) is 15.1 Å². The number of thioether (sulfide) groups is 1. The third-order valence-corrected chi connectivity index (χ3v) is 5.99. The lowest BCUT2D eigenvalue weighted by Crippen LogP contribution is -2.05. The highest BCUT2D eigenvalue weighted by atomic mass is 32.2. The number of nitrogens with zero attached hydrogens (tertiary/aromatic N) is 2. The molecule has 140 valence electrons. The van der Waals surface area contributed by atoms with Gasteiger partial charge in [-0.05, 0) is 47.5 Å². The predicted octanol–water partition coefficient (Wildman–Crippen LogP) is 5.96. The molecule has 0 amide bonds. The maximum absolute atomic E-state index is 11.0. The number of fused-ring (bicyclic) bond motifs is 1. The van der Waals surface area contributed by atoms with Crippen molar-refractivity contribution in [3.8, 4) is 5.75 Å². The lowest BCUT2D eigenvalue weighted by molar-refractivity contribution is -0.384. The van der Waals surface area contributed by atoms with Crippen molar-refractivity contribution in [2.24, 2.45) is 4.99 Å². The van der Waals surface area contributed by atoms with Gasteiger partial charge in [-0.25, -0.2) is 0 Å². The number of ether oxygens (including phenoxy) is 1. The van der Waals surface area contributed by atoms with Gasteiger partial charge in [-0.15, -0.1) is 11.8 Å². The quantitative estimate of drug-likeness (QED) is 0.407. The van der Waals surface area contributed by atoms with Crippen LogP contribution in [0, 0.1) is 10.1 Å². The number of rotatable bonds is 4. The minimum absolute atomic E-state index is 0.104. The molecule has 28 heavy (non-hydrogen) atoms. The van der Waals surface area contributed by atoms with E-state index >= 15 is 0 Å². The Labute approximate surface area is 167 Å². The van der Waals surface area contributed by atoms with E-state index in [1.54, 1.807) is 31.0 Å². The van der Waals surface area contributed by atoms with Crippen LogP contribution in [0.4, 0.5) is 11.4 Å². The molecule has 0 saturated carbocycles. The lowest BCUT2D eigenvalue weighted by Gasteiger charge is -2.16. The summed E-state index contributed by atoms with van der Waals surface area (Å²) in [6.45, 7) is 0. The summed E-state index contributed by atoms with van der Waals surface area (Å²) >= 11 is 1.74. The molecule has 5 nitrogen and oxygen atoms in total. The molecule has 3 aromatic carbocycles. The smallest absolute Gasteiger partial charge is 0.269 e. The summed E-state index contributed by atoms with van der Waals surface area (Å²) in [5, 5.41) is 11.1. The Morgan fingerprint density at radius 3 is 2.43 bits per heavy atom. The maximum Gasteiger partial charge on any atom is 0.269 e. The van der Waals surface area contributed by atoms with E-state index in [1.165, 1.54) is 0 Å². The number of para-hydroxylation sites is 1. The number of aliphatic imine (C=N–C) groups is 1. The summed E-state index contributed by atoms with van der Waals surface area (Å²) in [6, 6.07) is 22.8. The Hall–Kier alpha value is -3.12. The fourth-order valence-electron chi connectivity index (χ4n) is 3.17. The molecule has 0 radical (unpaired) electrons. The van der Waals surface area contributed by atoms with E-state index in [1.807, 2.05) is 54.6 Å². The summed E-state index contributed by atoms with van der Waals surface area (Å²) in [4.78, 5) is 16.6. The molecular formula is C22H18N2O3S. The van der Waals surface area contributed by atoms with Crippen molar-refractivity contribution in [2.45, 2.75) is 16.6 Å². The number of nitro benzene ring substituents is 1. The van der Waals surface area contributed by atoms with Crippen molar-refractivity contribution in [1.82, 2.24) is 0 Å². The van der Waals surface area contributed by atoms with Gasteiger partial charge >= 0.3 is 0 Å². The van der Waals surface area contributed by atoms with Gasteiger partial charge in [0.1, 0.15) is 5.75 Å². The molecule has 0 N–H and O–H groups in total. The highest BCUT2D eigenvalue weighted by molar-refractivity contribution is 7.99. The molecule has 4 rings (SSSR count). The molecular weight excluding hydrogens is 372 g/mol. The van der Waals surface area contributed by atoms with Crippen LogP contribution in [0.1, 0.15) is 22.8 Å². The van der Waals surface area contributed by atoms with Crippen molar-refractivity contribution in [2.75, 3.05) is 7.11 Å². The average Bonchev–Trinajstić information content (AvgIpc) is 2.93. The predicted molar refractivity (Wildman–Crippen MR) is 112 cm³/mol. The highest BCUT2D eigenvalue weighted by Gasteiger charge is 2.23. The molecule has 0 bridgehead atoms. The minimum atomic E-state index is -0.371. The number of hydrogen-bond donors (Lipinski definition) is 0. The minimum Gasteiger partial charge on any atom is -0.497 e. The molecule has 1 aliphatic rings. The van der Waals surface area contributed by atoms with E-state index < -0.39 is 0 Å². The van der Waals surface area contributed by atoms with Crippen molar-refractivity contribution < 1.29 is 9.66 Å². The average molecular weight is 390 g/mol. The van der Waals surface area contributed by atoms with Crippen LogP contribution in [0.15, 0.2) is 82.7 Å². The standard InChI is InChI=1S/C22H18N2O3S/c1-27-18-12-8-15(9-13-18)20-14-22(16-6-10-17(11-7-16)24(25)26)28-21-5-3-2-4-19(21)23-20/h2-13,22H,14H2,1H3. The zero-order chi connectivity index (χ0) is 19.5. The second-order valence-corrected chi connectivity index (χ2v) is 7.66. The van der Waals surface area contributed by atoms with Crippen LogP contribution in [0.3, 0.4) is 0 Å². The van der Waals surface area contributed by atoms with Gasteiger partial charge in [-0.2, -0.15) is 0 Å². The van der Waals surface area contributed by atoms with E-state index in [0.717, 1.165) is 39.6 Å². The summed E-state index contributed by atoms with van der Waals surface area (Å²) in [5.41, 5.74) is 4.14. The third kappa shape index (κ3) is 3.77. The Morgan fingerprint density at radius 2 is 1.75 bits per heavy atom. The van der Waals surface area contributed by atoms with Crippen LogP contribution >= 0.6 is 11.8 Å². The second kappa shape index (κ2) is 7.86. The normalized spacial score (nSPS) is 15.9. The number of hydrogen-bond acceptors (Lipinski definition) is 5. The SMILES string of the molecule is COc1ccc(C2=Nc3ccccc3SC(c3ccc([N+](=O)[O-])cc3)C2)cc1. The van der Waals surface area contributed by atoms with E-state index in [2.05, 4.69) is 6.07 Å². The monoisotopic (exact) mass is 390 g/mol. The largest absolute Gasteiger partial charge is 0.497 e. The van der Waals surface area contributed by atoms with Gasteiger partial charge < -0.3 is 4.74 Å². The first kappa shape index (κ1) is 18.3.